The van der Waals surface area contributed by atoms with E-state index in [0.717, 1.165) is 16.7 Å². The molecule has 0 unspecified atom stereocenters. The zero-order chi connectivity index (χ0) is 8.72. The largest absolute Gasteiger partial charge is 0.389 e. The van der Waals surface area contributed by atoms with Crippen LogP contribution in [0.15, 0.2) is 18.2 Å². The van der Waals surface area contributed by atoms with Gasteiger partial charge in [0.25, 0.3) is 0 Å². The van der Waals surface area contributed by atoms with Crippen LogP contribution in [0.1, 0.15) is 21.5 Å². The van der Waals surface area contributed by atoms with Crippen LogP contribution >= 0.6 is 0 Å². The van der Waals surface area contributed by atoms with Gasteiger partial charge in [0.1, 0.15) is 0 Å². The Morgan fingerprint density at radius 2 is 2.25 bits per heavy atom. The lowest BCUT2D eigenvalue weighted by atomic mass is 10.0. The first-order valence-corrected chi connectivity index (χ1v) is 3.85. The van der Waals surface area contributed by atoms with E-state index >= 15 is 0 Å². The standard InChI is InChI=1S/C9H8BNO/c1-6-3-2-4-7-5-11(10)9(12)8(6)7/h2-4H,5H2,1H3. The second-order valence-electron chi connectivity index (χ2n) is 3.04. The molecule has 0 fully saturated rings. The van der Waals surface area contributed by atoms with Crippen LogP contribution in [0, 0.1) is 6.92 Å². The molecule has 2 radical (unpaired) electrons. The summed E-state index contributed by atoms with van der Waals surface area (Å²) in [6.07, 6.45) is 0. The monoisotopic (exact) mass is 157 g/mol. The lowest BCUT2D eigenvalue weighted by molar-refractivity contribution is 0.0880. The molecule has 1 amide bonds. The average Bonchev–Trinajstić information content (AvgIpc) is 2.29. The smallest absolute Gasteiger partial charge is 0.241 e. The number of fused-ring (bicyclic) bond motifs is 1. The maximum Gasteiger partial charge on any atom is 0.241 e. The van der Waals surface area contributed by atoms with Crippen LogP contribution in [-0.4, -0.2) is 18.7 Å². The molecular formula is C9H8BNO. The van der Waals surface area contributed by atoms with Crippen LogP contribution in [0.3, 0.4) is 0 Å². The van der Waals surface area contributed by atoms with Gasteiger partial charge in [-0.25, -0.2) is 0 Å². The third-order valence-corrected chi connectivity index (χ3v) is 2.17. The van der Waals surface area contributed by atoms with Gasteiger partial charge >= 0.3 is 0 Å². The van der Waals surface area contributed by atoms with Crippen LogP contribution in [0.4, 0.5) is 0 Å². The van der Waals surface area contributed by atoms with Crippen LogP contribution in [-0.2, 0) is 6.54 Å². The third kappa shape index (κ3) is 0.859. The molecule has 0 aliphatic carbocycles. The summed E-state index contributed by atoms with van der Waals surface area (Å²) >= 11 is 0. The molecule has 3 heteroatoms. The molecule has 0 aromatic heterocycles. The van der Waals surface area contributed by atoms with Gasteiger partial charge < -0.3 is 4.81 Å². The molecule has 0 saturated carbocycles. The quantitative estimate of drug-likeness (QED) is 0.515. The average molecular weight is 157 g/mol. The van der Waals surface area contributed by atoms with Gasteiger partial charge in [-0.3, -0.25) is 4.79 Å². The number of nitrogens with zero attached hydrogens (tertiary/aromatic N) is 1. The molecule has 0 N–H and O–H groups in total. The molecule has 0 atom stereocenters. The number of amides is 1. The summed E-state index contributed by atoms with van der Waals surface area (Å²) in [4.78, 5) is 12.7. The highest BCUT2D eigenvalue weighted by Crippen LogP contribution is 2.23. The Bertz CT molecular complexity index is 348. The molecule has 1 aromatic rings. The Balaban J connectivity index is 2.62. The Kier molecular flexibility index (Phi) is 1.46. The summed E-state index contributed by atoms with van der Waals surface area (Å²) < 4.78 is 0. The first-order chi connectivity index (χ1) is 5.70. The minimum Gasteiger partial charge on any atom is -0.389 e. The van der Waals surface area contributed by atoms with Gasteiger partial charge in [0.2, 0.25) is 13.9 Å². The van der Waals surface area contributed by atoms with Crippen molar-refractivity contribution in [1.82, 2.24) is 4.81 Å². The summed E-state index contributed by atoms with van der Waals surface area (Å²) in [5, 5.41) is 0. The first-order valence-electron chi connectivity index (χ1n) is 3.85. The van der Waals surface area contributed by atoms with Crippen molar-refractivity contribution in [3.8, 4) is 0 Å². The molecule has 1 aromatic carbocycles. The Morgan fingerprint density at radius 3 is 2.92 bits per heavy atom. The van der Waals surface area contributed by atoms with Gasteiger partial charge in [-0.05, 0) is 18.1 Å². The highest BCUT2D eigenvalue weighted by Gasteiger charge is 2.24. The summed E-state index contributed by atoms with van der Waals surface area (Å²) in [6.45, 7) is 2.46. The zero-order valence-corrected chi connectivity index (χ0v) is 6.87. The second-order valence-corrected chi connectivity index (χ2v) is 3.04. The number of carbonyl (C=O) groups excluding carboxylic acids is 1. The zero-order valence-electron chi connectivity index (χ0n) is 6.87. The second kappa shape index (κ2) is 2.37. The predicted octanol–water partition coefficient (Wildman–Crippen LogP) is 1.03. The molecule has 58 valence electrons. The van der Waals surface area contributed by atoms with Gasteiger partial charge in [0.05, 0.1) is 0 Å². The SMILES string of the molecule is [B]N1Cc2cccc(C)c2C1=O. The highest BCUT2D eigenvalue weighted by molar-refractivity contribution is 6.20. The predicted molar refractivity (Wildman–Crippen MR) is 46.8 cm³/mol. The lowest BCUT2D eigenvalue weighted by Gasteiger charge is -2.05. The number of carbonyl (C=O) groups is 1. The molecule has 2 rings (SSSR count). The molecule has 0 bridgehead atoms. The number of rotatable bonds is 0. The van der Waals surface area contributed by atoms with Crippen molar-refractivity contribution in [2.24, 2.45) is 0 Å². The van der Waals surface area contributed by atoms with E-state index in [-0.39, 0.29) is 5.91 Å². The molecule has 0 saturated heterocycles. The minimum absolute atomic E-state index is 0.0666. The normalized spacial score (nSPS) is 15.1. The number of hydrogen-bond donors (Lipinski definition) is 0. The van der Waals surface area contributed by atoms with E-state index in [0.29, 0.717) is 6.54 Å². The van der Waals surface area contributed by atoms with Crippen molar-refractivity contribution in [2.75, 3.05) is 0 Å². The van der Waals surface area contributed by atoms with E-state index in [1.165, 1.54) is 4.81 Å². The summed E-state index contributed by atoms with van der Waals surface area (Å²) in [5.74, 6) is -0.0666. The molecule has 1 heterocycles. The maximum atomic E-state index is 11.4. The van der Waals surface area contributed by atoms with E-state index in [1.54, 1.807) is 0 Å². The number of aryl methyl sites for hydroxylation is 1. The Hall–Kier alpha value is -1.25. The molecule has 1 aliphatic rings. The molecule has 12 heavy (non-hydrogen) atoms. The van der Waals surface area contributed by atoms with Crippen LogP contribution < -0.4 is 0 Å². The summed E-state index contributed by atoms with van der Waals surface area (Å²) in [7, 11) is 5.48. The third-order valence-electron chi connectivity index (χ3n) is 2.17. The van der Waals surface area contributed by atoms with Gasteiger partial charge in [0, 0.05) is 12.1 Å². The van der Waals surface area contributed by atoms with Crippen molar-refractivity contribution < 1.29 is 4.79 Å². The van der Waals surface area contributed by atoms with Gasteiger partial charge in [-0.15, -0.1) is 0 Å². The van der Waals surface area contributed by atoms with E-state index in [9.17, 15) is 4.79 Å². The Morgan fingerprint density at radius 1 is 1.50 bits per heavy atom. The maximum absolute atomic E-state index is 11.4. The van der Waals surface area contributed by atoms with Crippen molar-refractivity contribution in [3.05, 3.63) is 34.9 Å². The van der Waals surface area contributed by atoms with Crippen molar-refractivity contribution in [3.63, 3.8) is 0 Å². The molecule has 2 nitrogen and oxygen atoms in total. The van der Waals surface area contributed by atoms with E-state index < -0.39 is 0 Å². The van der Waals surface area contributed by atoms with Crippen molar-refractivity contribution in [1.29, 1.82) is 0 Å². The Labute approximate surface area is 72.6 Å². The van der Waals surface area contributed by atoms with Gasteiger partial charge in [0.15, 0.2) is 0 Å². The van der Waals surface area contributed by atoms with Crippen LogP contribution in [0.25, 0.3) is 0 Å². The van der Waals surface area contributed by atoms with Crippen LogP contribution in [0.5, 0.6) is 0 Å². The van der Waals surface area contributed by atoms with Gasteiger partial charge in [-0.1, -0.05) is 18.2 Å². The number of benzene rings is 1. The molecule has 0 spiro atoms. The highest BCUT2D eigenvalue weighted by atomic mass is 16.2. The minimum atomic E-state index is -0.0666. The van der Waals surface area contributed by atoms with Gasteiger partial charge in [-0.2, -0.15) is 0 Å². The van der Waals surface area contributed by atoms with E-state index in [2.05, 4.69) is 0 Å². The summed E-state index contributed by atoms with van der Waals surface area (Å²) in [6, 6.07) is 5.81. The van der Waals surface area contributed by atoms with Crippen molar-refractivity contribution >= 4 is 13.9 Å². The summed E-state index contributed by atoms with van der Waals surface area (Å²) in [5.41, 5.74) is 2.81. The van der Waals surface area contributed by atoms with E-state index in [1.807, 2.05) is 25.1 Å². The lowest BCUT2D eigenvalue weighted by Crippen LogP contribution is -2.19. The van der Waals surface area contributed by atoms with Crippen LogP contribution in [0.2, 0.25) is 0 Å². The number of hydrogen-bond acceptors (Lipinski definition) is 1. The fraction of sp³-hybridized carbons (Fsp3) is 0.222. The molecular weight excluding hydrogens is 149 g/mol. The fourth-order valence-corrected chi connectivity index (χ4v) is 1.57. The molecule has 1 aliphatic heterocycles. The first kappa shape index (κ1) is 7.41. The van der Waals surface area contributed by atoms with Crippen molar-refractivity contribution in [2.45, 2.75) is 13.5 Å². The fourth-order valence-electron chi connectivity index (χ4n) is 1.57. The van der Waals surface area contributed by atoms with E-state index in [4.69, 9.17) is 7.98 Å². The topological polar surface area (TPSA) is 20.3 Å².